The number of aliphatic hydroxyl groups is 1. The summed E-state index contributed by atoms with van der Waals surface area (Å²) in [5, 5.41) is 11.4. The van der Waals surface area contributed by atoms with Crippen molar-refractivity contribution in [2.24, 2.45) is 0 Å². The van der Waals surface area contributed by atoms with Gasteiger partial charge in [-0.3, -0.25) is 0 Å². The van der Waals surface area contributed by atoms with Gasteiger partial charge in [0.05, 0.1) is 12.6 Å². The average molecular weight is 222 g/mol. The lowest BCUT2D eigenvalue weighted by molar-refractivity contribution is 0.129. The maximum absolute atomic E-state index is 11.3. The molecule has 1 atom stereocenters. The van der Waals surface area contributed by atoms with Crippen molar-refractivity contribution in [2.75, 3.05) is 6.61 Å². The van der Waals surface area contributed by atoms with E-state index in [-0.39, 0.29) is 19.3 Å². The van der Waals surface area contributed by atoms with E-state index in [0.29, 0.717) is 6.42 Å². The highest BCUT2D eigenvalue weighted by Gasteiger charge is 2.09. The number of carbonyl (C=O) groups is 1. The maximum atomic E-state index is 11.3. The molecule has 16 heavy (non-hydrogen) atoms. The second-order valence-electron chi connectivity index (χ2n) is 3.37. The predicted octanol–water partition coefficient (Wildman–Crippen LogP) is 1.50. The molecule has 1 rings (SSSR count). The molecule has 0 fully saturated rings. The second-order valence-corrected chi connectivity index (χ2v) is 3.37. The molecule has 0 unspecified atom stereocenters. The van der Waals surface area contributed by atoms with Crippen LogP contribution < -0.4 is 5.32 Å². The summed E-state index contributed by atoms with van der Waals surface area (Å²) in [5.41, 5.74) is 0.924. The Balaban J connectivity index is 2.30. The van der Waals surface area contributed by atoms with Crippen LogP contribution in [0.4, 0.5) is 4.79 Å². The van der Waals surface area contributed by atoms with Crippen LogP contribution >= 0.6 is 0 Å². The Morgan fingerprint density at radius 3 is 2.69 bits per heavy atom. The summed E-state index contributed by atoms with van der Waals surface area (Å²) in [6.07, 6.45) is -0.108. The lowest BCUT2D eigenvalue weighted by Gasteiger charge is -2.13. The number of rotatable bonds is 5. The van der Waals surface area contributed by atoms with Crippen molar-refractivity contribution in [3.8, 4) is 0 Å². The number of carbonyl (C=O) groups excluding carboxylic acids is 1. The van der Waals surface area contributed by atoms with Crippen molar-refractivity contribution in [1.29, 1.82) is 0 Å². The third-order valence-corrected chi connectivity index (χ3v) is 2.10. The highest BCUT2D eigenvalue weighted by molar-refractivity contribution is 5.67. The van der Waals surface area contributed by atoms with Gasteiger partial charge in [-0.1, -0.05) is 37.3 Å². The van der Waals surface area contributed by atoms with Crippen molar-refractivity contribution in [3.63, 3.8) is 0 Å². The van der Waals surface area contributed by atoms with E-state index in [1.54, 1.807) is 0 Å². The molecular formula is C12H16NO3. The van der Waals surface area contributed by atoms with Gasteiger partial charge in [0.2, 0.25) is 0 Å². The molecule has 87 valence electrons. The van der Waals surface area contributed by atoms with Gasteiger partial charge in [0.1, 0.15) is 6.61 Å². The lowest BCUT2D eigenvalue weighted by Crippen LogP contribution is -2.37. The second kappa shape index (κ2) is 6.85. The number of hydrogen-bond acceptors (Lipinski definition) is 3. The molecule has 0 aliphatic carbocycles. The first kappa shape index (κ1) is 12.5. The Bertz CT molecular complexity index is 309. The average Bonchev–Trinajstić information content (AvgIpc) is 2.34. The minimum absolute atomic E-state index is 0.135. The molecule has 0 saturated carbocycles. The van der Waals surface area contributed by atoms with Gasteiger partial charge >= 0.3 is 6.09 Å². The number of ether oxygens (including phenoxy) is 1. The zero-order chi connectivity index (χ0) is 11.8. The molecule has 0 bridgehead atoms. The standard InChI is InChI=1S/C12H16NO3/c1-2-11(8-14)13-12(15)16-9-10-6-4-3-5-7-10/h3-7,11,14H,1-2,8-9H2,(H,13,15)/t11-/m0/s1. The minimum Gasteiger partial charge on any atom is -0.445 e. The topological polar surface area (TPSA) is 58.6 Å². The largest absolute Gasteiger partial charge is 0.445 e. The summed E-state index contributed by atoms with van der Waals surface area (Å²) >= 11 is 0. The molecule has 0 heterocycles. The lowest BCUT2D eigenvalue weighted by atomic mass is 10.2. The van der Waals surface area contributed by atoms with E-state index in [9.17, 15) is 4.79 Å². The van der Waals surface area contributed by atoms with Gasteiger partial charge < -0.3 is 15.2 Å². The Hall–Kier alpha value is -1.55. The molecule has 1 amide bonds. The van der Waals surface area contributed by atoms with Crippen molar-refractivity contribution >= 4 is 6.09 Å². The Kier molecular flexibility index (Phi) is 5.36. The van der Waals surface area contributed by atoms with E-state index >= 15 is 0 Å². The number of amides is 1. The normalized spacial score (nSPS) is 11.9. The van der Waals surface area contributed by atoms with E-state index in [1.807, 2.05) is 30.3 Å². The van der Waals surface area contributed by atoms with Crippen LogP contribution in [0.2, 0.25) is 0 Å². The van der Waals surface area contributed by atoms with Crippen LogP contribution in [0.1, 0.15) is 12.0 Å². The van der Waals surface area contributed by atoms with Gasteiger partial charge in [-0.2, -0.15) is 0 Å². The fourth-order valence-corrected chi connectivity index (χ4v) is 1.14. The number of hydrogen-bond donors (Lipinski definition) is 2. The van der Waals surface area contributed by atoms with Crippen LogP contribution in [-0.4, -0.2) is 23.8 Å². The summed E-state index contributed by atoms with van der Waals surface area (Å²) in [4.78, 5) is 11.3. The third-order valence-electron chi connectivity index (χ3n) is 2.10. The summed E-state index contributed by atoms with van der Waals surface area (Å²) in [6.45, 7) is 3.69. The fraction of sp³-hybridized carbons (Fsp3) is 0.333. The summed E-state index contributed by atoms with van der Waals surface area (Å²) < 4.78 is 4.97. The van der Waals surface area contributed by atoms with Crippen LogP contribution in [0.15, 0.2) is 30.3 Å². The van der Waals surface area contributed by atoms with Crippen molar-refractivity contribution in [3.05, 3.63) is 42.8 Å². The Morgan fingerprint density at radius 2 is 2.12 bits per heavy atom. The van der Waals surface area contributed by atoms with Crippen LogP contribution in [0.25, 0.3) is 0 Å². The molecule has 4 heteroatoms. The molecular weight excluding hydrogens is 206 g/mol. The van der Waals surface area contributed by atoms with E-state index in [4.69, 9.17) is 9.84 Å². The summed E-state index contributed by atoms with van der Waals surface area (Å²) in [7, 11) is 0. The number of alkyl carbamates (subject to hydrolysis) is 1. The molecule has 1 aromatic carbocycles. The summed E-state index contributed by atoms with van der Waals surface area (Å²) in [6, 6.07) is 9.06. The minimum atomic E-state index is -0.536. The molecule has 0 spiro atoms. The first-order valence-corrected chi connectivity index (χ1v) is 5.13. The van der Waals surface area contributed by atoms with Crippen LogP contribution in [0.3, 0.4) is 0 Å². The summed E-state index contributed by atoms with van der Waals surface area (Å²) in [5.74, 6) is 0. The molecule has 0 aliphatic heterocycles. The first-order chi connectivity index (χ1) is 7.76. The van der Waals surface area contributed by atoms with Gasteiger partial charge in [-0.25, -0.2) is 4.79 Å². The van der Waals surface area contributed by atoms with Gasteiger partial charge in [0.25, 0.3) is 0 Å². The third kappa shape index (κ3) is 4.31. The van der Waals surface area contributed by atoms with Crippen LogP contribution in [0, 0.1) is 6.92 Å². The predicted molar refractivity (Wildman–Crippen MR) is 60.6 cm³/mol. The van der Waals surface area contributed by atoms with E-state index in [0.717, 1.165) is 5.56 Å². The van der Waals surface area contributed by atoms with Gasteiger partial charge in [0.15, 0.2) is 0 Å². The molecule has 4 nitrogen and oxygen atoms in total. The molecule has 1 radical (unpaired) electrons. The van der Waals surface area contributed by atoms with Gasteiger partial charge in [-0.15, -0.1) is 0 Å². The van der Waals surface area contributed by atoms with E-state index in [2.05, 4.69) is 12.2 Å². The van der Waals surface area contributed by atoms with Crippen LogP contribution in [0.5, 0.6) is 0 Å². The van der Waals surface area contributed by atoms with Crippen molar-refractivity contribution in [1.82, 2.24) is 5.32 Å². The van der Waals surface area contributed by atoms with E-state index < -0.39 is 6.09 Å². The van der Waals surface area contributed by atoms with E-state index in [1.165, 1.54) is 0 Å². The molecule has 2 N–H and O–H groups in total. The number of nitrogens with one attached hydrogen (secondary N) is 1. The zero-order valence-corrected chi connectivity index (χ0v) is 9.06. The molecule has 0 aliphatic rings. The smallest absolute Gasteiger partial charge is 0.407 e. The van der Waals surface area contributed by atoms with Crippen molar-refractivity contribution in [2.45, 2.75) is 19.1 Å². The molecule has 0 saturated heterocycles. The Morgan fingerprint density at radius 1 is 1.44 bits per heavy atom. The van der Waals surface area contributed by atoms with Gasteiger partial charge in [-0.05, 0) is 12.0 Å². The monoisotopic (exact) mass is 222 g/mol. The number of benzene rings is 1. The quantitative estimate of drug-likeness (QED) is 0.793. The Labute approximate surface area is 95.2 Å². The fourth-order valence-electron chi connectivity index (χ4n) is 1.14. The van der Waals surface area contributed by atoms with Crippen molar-refractivity contribution < 1.29 is 14.6 Å². The zero-order valence-electron chi connectivity index (χ0n) is 9.06. The maximum Gasteiger partial charge on any atom is 0.407 e. The van der Waals surface area contributed by atoms with Gasteiger partial charge in [0, 0.05) is 0 Å². The van der Waals surface area contributed by atoms with Crippen LogP contribution in [-0.2, 0) is 11.3 Å². The molecule has 1 aromatic rings. The highest BCUT2D eigenvalue weighted by atomic mass is 16.5. The number of aliphatic hydroxyl groups excluding tert-OH is 1. The first-order valence-electron chi connectivity index (χ1n) is 5.13. The SMILES string of the molecule is [CH2]C[C@@H](CO)NC(=O)OCc1ccccc1. The molecule has 0 aromatic heterocycles. The highest BCUT2D eigenvalue weighted by Crippen LogP contribution is 2.00.